The molecule has 0 atom stereocenters. The fourth-order valence-corrected chi connectivity index (χ4v) is 5.95. The minimum absolute atomic E-state index is 0.0857. The zero-order valence-corrected chi connectivity index (χ0v) is 20.2. The highest BCUT2D eigenvalue weighted by Gasteiger charge is 2.24. The molecule has 6 nitrogen and oxygen atoms in total. The number of benzene rings is 2. The number of carbonyl (C=O) groups is 1. The van der Waals surface area contributed by atoms with E-state index in [-0.39, 0.29) is 17.3 Å². The molecule has 32 heavy (non-hydrogen) atoms. The minimum atomic E-state index is -3.73. The molecule has 2 aromatic carbocycles. The molecule has 0 spiro atoms. The van der Waals surface area contributed by atoms with Crippen LogP contribution in [0.25, 0.3) is 0 Å². The van der Waals surface area contributed by atoms with Gasteiger partial charge in [-0.25, -0.2) is 13.1 Å². The Hall–Kier alpha value is -1.87. The van der Waals surface area contributed by atoms with E-state index in [4.69, 9.17) is 0 Å². The Balaban J connectivity index is 1.43. The Kier molecular flexibility index (Phi) is 7.55. The number of rotatable bonds is 8. The zero-order chi connectivity index (χ0) is 22.6. The zero-order valence-electron chi connectivity index (χ0n) is 18.5. The molecule has 0 unspecified atom stereocenters. The first-order valence-corrected chi connectivity index (χ1v) is 13.9. The minimum Gasteiger partial charge on any atom is -0.339 e. The number of sulfonamides is 1. The van der Waals surface area contributed by atoms with Crippen LogP contribution in [0.1, 0.15) is 47.2 Å². The SMILES string of the molecule is CSc1ccc(S(=O)(=O)NCc2ccc(CN3CCCC3)cc2)cc1C(=O)N1CCCC1. The van der Waals surface area contributed by atoms with Crippen molar-refractivity contribution in [2.75, 3.05) is 32.4 Å². The van der Waals surface area contributed by atoms with Gasteiger partial charge >= 0.3 is 0 Å². The molecule has 0 bridgehead atoms. The van der Waals surface area contributed by atoms with Crippen molar-refractivity contribution in [1.82, 2.24) is 14.5 Å². The van der Waals surface area contributed by atoms with Crippen molar-refractivity contribution in [3.63, 3.8) is 0 Å². The summed E-state index contributed by atoms with van der Waals surface area (Å²) in [6.07, 6.45) is 6.43. The molecule has 2 aromatic rings. The van der Waals surface area contributed by atoms with Crippen LogP contribution in [-0.2, 0) is 23.1 Å². The van der Waals surface area contributed by atoms with Crippen molar-refractivity contribution in [3.8, 4) is 0 Å². The summed E-state index contributed by atoms with van der Waals surface area (Å²) in [5.74, 6) is -0.0857. The fourth-order valence-electron chi connectivity index (χ4n) is 4.34. The molecular formula is C24H31N3O3S2. The average molecular weight is 474 g/mol. The number of hydrogen-bond donors (Lipinski definition) is 1. The van der Waals surface area contributed by atoms with Crippen molar-refractivity contribution in [2.24, 2.45) is 0 Å². The average Bonchev–Trinajstić information content (AvgIpc) is 3.52. The van der Waals surface area contributed by atoms with Crippen molar-refractivity contribution >= 4 is 27.7 Å². The molecule has 172 valence electrons. The lowest BCUT2D eigenvalue weighted by Gasteiger charge is -2.18. The van der Waals surface area contributed by atoms with Crippen LogP contribution >= 0.6 is 11.8 Å². The highest BCUT2D eigenvalue weighted by molar-refractivity contribution is 7.98. The predicted octanol–water partition coefficient (Wildman–Crippen LogP) is 3.72. The van der Waals surface area contributed by atoms with Crippen LogP contribution < -0.4 is 4.72 Å². The molecule has 1 N–H and O–H groups in total. The maximum atomic E-state index is 12.9. The maximum absolute atomic E-state index is 12.9. The van der Waals surface area contributed by atoms with E-state index in [9.17, 15) is 13.2 Å². The molecule has 2 heterocycles. The van der Waals surface area contributed by atoms with Gasteiger partial charge in [-0.3, -0.25) is 9.69 Å². The first kappa shape index (κ1) is 23.3. The molecule has 1 amide bonds. The summed E-state index contributed by atoms with van der Waals surface area (Å²) in [5.41, 5.74) is 2.62. The lowest BCUT2D eigenvalue weighted by atomic mass is 10.1. The normalized spacial score (nSPS) is 17.2. The van der Waals surface area contributed by atoms with Crippen molar-refractivity contribution in [1.29, 1.82) is 0 Å². The molecule has 2 aliphatic heterocycles. The quantitative estimate of drug-likeness (QED) is 0.592. The lowest BCUT2D eigenvalue weighted by molar-refractivity contribution is 0.0789. The van der Waals surface area contributed by atoms with Crippen LogP contribution in [0.3, 0.4) is 0 Å². The highest BCUT2D eigenvalue weighted by Crippen LogP contribution is 2.26. The van der Waals surface area contributed by atoms with Crippen LogP contribution in [0.4, 0.5) is 0 Å². The van der Waals surface area contributed by atoms with Gasteiger partial charge in [-0.15, -0.1) is 11.8 Å². The van der Waals surface area contributed by atoms with E-state index in [1.165, 1.54) is 36.2 Å². The number of likely N-dealkylation sites (tertiary alicyclic amines) is 2. The molecule has 0 aliphatic carbocycles. The van der Waals surface area contributed by atoms with Gasteiger partial charge in [0.15, 0.2) is 0 Å². The van der Waals surface area contributed by atoms with E-state index in [1.807, 2.05) is 23.3 Å². The van der Waals surface area contributed by atoms with Gasteiger partial charge in [0.1, 0.15) is 0 Å². The summed E-state index contributed by atoms with van der Waals surface area (Å²) >= 11 is 1.46. The Bertz CT molecular complexity index is 1040. The number of nitrogens with one attached hydrogen (secondary N) is 1. The van der Waals surface area contributed by atoms with Gasteiger partial charge < -0.3 is 4.90 Å². The molecule has 0 radical (unpaired) electrons. The third kappa shape index (κ3) is 5.54. The first-order chi connectivity index (χ1) is 15.5. The van der Waals surface area contributed by atoms with Gasteiger partial charge in [-0.1, -0.05) is 24.3 Å². The summed E-state index contributed by atoms with van der Waals surface area (Å²) in [5, 5.41) is 0. The Morgan fingerprint density at radius 2 is 1.56 bits per heavy atom. The third-order valence-electron chi connectivity index (χ3n) is 6.20. The summed E-state index contributed by atoms with van der Waals surface area (Å²) in [4.78, 5) is 18.1. The van der Waals surface area contributed by atoms with E-state index < -0.39 is 10.0 Å². The maximum Gasteiger partial charge on any atom is 0.255 e. The second-order valence-electron chi connectivity index (χ2n) is 8.49. The number of carbonyl (C=O) groups excluding carboxylic acids is 1. The monoisotopic (exact) mass is 473 g/mol. The summed E-state index contributed by atoms with van der Waals surface area (Å²) < 4.78 is 28.6. The van der Waals surface area contributed by atoms with Crippen molar-refractivity contribution < 1.29 is 13.2 Å². The largest absolute Gasteiger partial charge is 0.339 e. The second-order valence-corrected chi connectivity index (χ2v) is 11.1. The summed E-state index contributed by atoms with van der Waals surface area (Å²) in [6.45, 7) is 4.93. The molecule has 8 heteroatoms. The molecule has 4 rings (SSSR count). The lowest BCUT2D eigenvalue weighted by Crippen LogP contribution is -2.29. The van der Waals surface area contributed by atoms with Gasteiger partial charge in [0, 0.05) is 31.1 Å². The van der Waals surface area contributed by atoms with E-state index in [1.54, 1.807) is 12.1 Å². The van der Waals surface area contributed by atoms with Gasteiger partial charge in [0.25, 0.3) is 5.91 Å². The molecule has 2 aliphatic rings. The van der Waals surface area contributed by atoms with Gasteiger partial charge in [-0.2, -0.15) is 0 Å². The van der Waals surface area contributed by atoms with Crippen LogP contribution in [0.2, 0.25) is 0 Å². The molecule has 2 saturated heterocycles. The van der Waals surface area contributed by atoms with E-state index in [0.29, 0.717) is 5.56 Å². The number of hydrogen-bond acceptors (Lipinski definition) is 5. The van der Waals surface area contributed by atoms with Crippen LogP contribution in [0.5, 0.6) is 0 Å². The second kappa shape index (κ2) is 10.4. The van der Waals surface area contributed by atoms with Crippen LogP contribution in [0, 0.1) is 0 Å². The number of nitrogens with zero attached hydrogens (tertiary/aromatic N) is 2. The smallest absolute Gasteiger partial charge is 0.255 e. The molecule has 0 saturated carbocycles. The Labute approximate surface area is 195 Å². The Morgan fingerprint density at radius 1 is 0.938 bits per heavy atom. The van der Waals surface area contributed by atoms with Crippen molar-refractivity contribution in [3.05, 3.63) is 59.2 Å². The van der Waals surface area contributed by atoms with Crippen LogP contribution in [0.15, 0.2) is 52.3 Å². The topological polar surface area (TPSA) is 69.7 Å². The first-order valence-electron chi connectivity index (χ1n) is 11.2. The molecular weight excluding hydrogens is 442 g/mol. The van der Waals surface area contributed by atoms with E-state index in [2.05, 4.69) is 21.8 Å². The number of thioether (sulfide) groups is 1. The van der Waals surface area contributed by atoms with Gasteiger partial charge in [0.05, 0.1) is 10.5 Å². The number of amides is 1. The van der Waals surface area contributed by atoms with E-state index >= 15 is 0 Å². The third-order valence-corrected chi connectivity index (χ3v) is 8.39. The van der Waals surface area contributed by atoms with Crippen molar-refractivity contribution in [2.45, 2.75) is 48.6 Å². The van der Waals surface area contributed by atoms with E-state index in [0.717, 1.165) is 56.0 Å². The predicted molar refractivity (Wildman–Crippen MR) is 128 cm³/mol. The standard InChI is InChI=1S/C24H31N3O3S2/c1-31-23-11-10-21(16-22(23)24(28)27-14-4-5-15-27)32(29,30)25-17-19-6-8-20(9-7-19)18-26-12-2-3-13-26/h6-11,16,25H,2-5,12-15,17-18H2,1H3. The van der Waals surface area contributed by atoms with Crippen LogP contribution in [-0.4, -0.2) is 56.6 Å². The molecule has 0 aromatic heterocycles. The highest BCUT2D eigenvalue weighted by atomic mass is 32.2. The summed E-state index contributed by atoms with van der Waals surface area (Å²) in [6, 6.07) is 12.9. The molecule has 2 fully saturated rings. The fraction of sp³-hybridized carbons (Fsp3) is 0.458. The van der Waals surface area contributed by atoms with Gasteiger partial charge in [-0.05, 0) is 74.4 Å². The summed E-state index contributed by atoms with van der Waals surface area (Å²) in [7, 11) is -3.73. The van der Waals surface area contributed by atoms with Gasteiger partial charge in [0.2, 0.25) is 10.0 Å². The Morgan fingerprint density at radius 3 is 2.22 bits per heavy atom.